The van der Waals surface area contributed by atoms with Gasteiger partial charge in [0.05, 0.1) is 31.0 Å². The number of carbonyl (C=O) groups excluding carboxylic acids is 2. The normalized spacial score (nSPS) is 21.5. The standard InChI is InChI=1S/C42H48ClN3O7/c1-3-51-38(48)25-45-41(49)44-24-30-5-4-6-34(23-30)31-11-13-33(14-12-31)40-52-37(28(2)39(53-40)32-9-7-29(27-47)8-10-32)26-46-21-19-42(50,20-22-46)35-15-17-36(43)18-16-35/h4-18,23,28,37,39-40,47,50H,3,19-22,24-27H2,1-2H3,(H2,44,45,49)/t28-,37+,39+,40+/m0/s1. The fourth-order valence-electron chi connectivity index (χ4n) is 7.04. The maximum atomic E-state index is 12.2. The van der Waals surface area contributed by atoms with E-state index in [1.165, 1.54) is 0 Å². The number of aliphatic hydroxyl groups is 2. The topological polar surface area (TPSA) is 130 Å². The summed E-state index contributed by atoms with van der Waals surface area (Å²) in [5.74, 6) is -0.452. The Labute approximate surface area is 316 Å². The second-order valence-corrected chi connectivity index (χ2v) is 14.3. The first-order chi connectivity index (χ1) is 25.6. The monoisotopic (exact) mass is 741 g/mol. The van der Waals surface area contributed by atoms with Gasteiger partial charge in [-0.05, 0) is 71.3 Å². The number of nitrogens with one attached hydrogen (secondary N) is 2. The van der Waals surface area contributed by atoms with Crippen LogP contribution in [0, 0.1) is 5.92 Å². The lowest BCUT2D eigenvalue weighted by molar-refractivity contribution is -0.277. The number of amides is 2. The Morgan fingerprint density at radius 2 is 1.58 bits per heavy atom. The van der Waals surface area contributed by atoms with Crippen LogP contribution in [0.4, 0.5) is 4.79 Å². The van der Waals surface area contributed by atoms with Gasteiger partial charge in [0.2, 0.25) is 0 Å². The number of halogens is 1. The number of aliphatic hydroxyl groups excluding tert-OH is 1. The SMILES string of the molecule is CCOC(=O)CNC(=O)NCc1cccc(-c2ccc([C@@H]3O[C@H](CN4CCC(O)(c5ccc(Cl)cc5)CC4)[C@H](C)[C@H](c4ccc(CO)cc4)O3)cc2)c1. The first-order valence-corrected chi connectivity index (χ1v) is 18.6. The van der Waals surface area contributed by atoms with Crippen LogP contribution in [0.25, 0.3) is 11.1 Å². The minimum Gasteiger partial charge on any atom is -0.465 e. The number of hydrogen-bond donors (Lipinski definition) is 4. The van der Waals surface area contributed by atoms with E-state index < -0.39 is 23.9 Å². The van der Waals surface area contributed by atoms with Gasteiger partial charge in [0.15, 0.2) is 6.29 Å². The Balaban J connectivity index is 1.13. The molecule has 11 heteroatoms. The van der Waals surface area contributed by atoms with Crippen molar-refractivity contribution < 1.29 is 34.0 Å². The number of rotatable bonds is 12. The number of likely N-dealkylation sites (tertiary alicyclic amines) is 1. The summed E-state index contributed by atoms with van der Waals surface area (Å²) in [4.78, 5) is 26.1. The van der Waals surface area contributed by atoms with Crippen LogP contribution in [-0.4, -0.2) is 66.0 Å². The maximum Gasteiger partial charge on any atom is 0.325 e. The van der Waals surface area contributed by atoms with Crippen LogP contribution in [0.2, 0.25) is 5.02 Å². The summed E-state index contributed by atoms with van der Waals surface area (Å²) in [7, 11) is 0. The molecule has 2 heterocycles. The Bertz CT molecular complexity index is 1810. The summed E-state index contributed by atoms with van der Waals surface area (Å²) < 4.78 is 18.3. The molecule has 0 saturated carbocycles. The Morgan fingerprint density at radius 1 is 0.887 bits per heavy atom. The molecule has 53 heavy (non-hydrogen) atoms. The minimum absolute atomic E-state index is 0.0225. The molecule has 0 aliphatic carbocycles. The molecule has 10 nitrogen and oxygen atoms in total. The molecular weight excluding hydrogens is 694 g/mol. The van der Waals surface area contributed by atoms with E-state index in [4.69, 9.17) is 25.8 Å². The van der Waals surface area contributed by atoms with Crippen molar-refractivity contribution in [3.8, 4) is 11.1 Å². The van der Waals surface area contributed by atoms with Crippen LogP contribution in [0.15, 0.2) is 97.1 Å². The summed E-state index contributed by atoms with van der Waals surface area (Å²) in [5, 5.41) is 27.1. The van der Waals surface area contributed by atoms with Gasteiger partial charge in [-0.2, -0.15) is 0 Å². The van der Waals surface area contributed by atoms with Crippen LogP contribution >= 0.6 is 11.6 Å². The van der Waals surface area contributed by atoms with Gasteiger partial charge in [-0.15, -0.1) is 0 Å². The van der Waals surface area contributed by atoms with Crippen LogP contribution in [0.5, 0.6) is 0 Å². The zero-order chi connectivity index (χ0) is 37.4. The number of esters is 1. The highest BCUT2D eigenvalue weighted by atomic mass is 35.5. The van der Waals surface area contributed by atoms with Crippen LogP contribution < -0.4 is 10.6 Å². The van der Waals surface area contributed by atoms with Gasteiger partial charge < -0.3 is 40.0 Å². The number of piperidine rings is 1. The molecule has 0 bridgehead atoms. The van der Waals surface area contributed by atoms with Gasteiger partial charge >= 0.3 is 12.0 Å². The smallest absolute Gasteiger partial charge is 0.325 e. The van der Waals surface area contributed by atoms with Gasteiger partial charge in [0.25, 0.3) is 0 Å². The number of ether oxygens (including phenoxy) is 3. The van der Waals surface area contributed by atoms with Crippen molar-refractivity contribution in [2.24, 2.45) is 5.92 Å². The van der Waals surface area contributed by atoms with Crippen molar-refractivity contribution in [3.05, 3.63) is 130 Å². The summed E-state index contributed by atoms with van der Waals surface area (Å²) in [5.41, 5.74) is 5.68. The molecule has 2 amide bonds. The molecule has 4 N–H and O–H groups in total. The molecule has 4 atom stereocenters. The van der Waals surface area contributed by atoms with Gasteiger partial charge in [-0.3, -0.25) is 4.79 Å². The van der Waals surface area contributed by atoms with E-state index in [-0.39, 0.29) is 37.9 Å². The predicted molar refractivity (Wildman–Crippen MR) is 203 cm³/mol. The summed E-state index contributed by atoms with van der Waals surface area (Å²) in [6.07, 6.45) is 0.246. The van der Waals surface area contributed by atoms with Gasteiger partial charge in [0, 0.05) is 42.7 Å². The number of hydrogen-bond acceptors (Lipinski definition) is 8. The highest BCUT2D eigenvalue weighted by Gasteiger charge is 2.41. The summed E-state index contributed by atoms with van der Waals surface area (Å²) in [6, 6.07) is 31.0. The van der Waals surface area contributed by atoms with E-state index in [9.17, 15) is 19.8 Å². The second-order valence-electron chi connectivity index (χ2n) is 13.8. The third-order valence-corrected chi connectivity index (χ3v) is 10.5. The largest absolute Gasteiger partial charge is 0.465 e. The molecule has 2 aliphatic rings. The highest BCUT2D eigenvalue weighted by Crippen LogP contribution is 2.43. The molecule has 280 valence electrons. The first-order valence-electron chi connectivity index (χ1n) is 18.2. The third-order valence-electron chi connectivity index (χ3n) is 10.2. The fourth-order valence-corrected chi connectivity index (χ4v) is 7.17. The Hall–Kier alpha value is -4.29. The molecule has 2 fully saturated rings. The summed E-state index contributed by atoms with van der Waals surface area (Å²) in [6.45, 7) is 6.37. The zero-order valence-corrected chi connectivity index (χ0v) is 30.9. The van der Waals surface area contributed by atoms with E-state index in [2.05, 4.69) is 22.5 Å². The lowest BCUT2D eigenvalue weighted by Crippen LogP contribution is -2.49. The molecule has 0 aromatic heterocycles. The molecular formula is C42H48ClN3O7. The Morgan fingerprint density at radius 3 is 2.26 bits per heavy atom. The van der Waals surface area contributed by atoms with E-state index in [0.29, 0.717) is 31.0 Å². The van der Waals surface area contributed by atoms with E-state index in [1.54, 1.807) is 6.92 Å². The van der Waals surface area contributed by atoms with Crippen molar-refractivity contribution >= 4 is 23.6 Å². The van der Waals surface area contributed by atoms with Crippen molar-refractivity contribution in [1.29, 1.82) is 0 Å². The molecule has 2 aliphatic heterocycles. The van der Waals surface area contributed by atoms with Gasteiger partial charge in [0.1, 0.15) is 6.54 Å². The predicted octanol–water partition coefficient (Wildman–Crippen LogP) is 6.64. The molecule has 4 aromatic rings. The quantitative estimate of drug-likeness (QED) is 0.119. The van der Waals surface area contributed by atoms with E-state index in [0.717, 1.165) is 52.0 Å². The van der Waals surface area contributed by atoms with Crippen molar-refractivity contribution in [2.75, 3.05) is 32.8 Å². The van der Waals surface area contributed by atoms with Crippen LogP contribution in [-0.2, 0) is 37.8 Å². The molecule has 0 unspecified atom stereocenters. The molecule has 2 saturated heterocycles. The highest BCUT2D eigenvalue weighted by molar-refractivity contribution is 6.30. The number of nitrogens with zero attached hydrogens (tertiary/aromatic N) is 1. The van der Waals surface area contributed by atoms with Crippen molar-refractivity contribution in [2.45, 2.75) is 63.9 Å². The zero-order valence-electron chi connectivity index (χ0n) is 30.2. The molecule has 0 radical (unpaired) electrons. The average Bonchev–Trinajstić information content (AvgIpc) is 3.18. The minimum atomic E-state index is -0.888. The van der Waals surface area contributed by atoms with Crippen molar-refractivity contribution in [1.82, 2.24) is 15.5 Å². The molecule has 6 rings (SSSR count). The van der Waals surface area contributed by atoms with E-state index >= 15 is 0 Å². The van der Waals surface area contributed by atoms with E-state index in [1.807, 2.05) is 97.1 Å². The lowest BCUT2D eigenvalue weighted by atomic mass is 9.84. The van der Waals surface area contributed by atoms with Gasteiger partial charge in [-0.1, -0.05) is 97.4 Å². The molecule has 4 aromatic carbocycles. The Kier molecular flexibility index (Phi) is 12.8. The van der Waals surface area contributed by atoms with Crippen LogP contribution in [0.1, 0.15) is 66.9 Å². The van der Waals surface area contributed by atoms with Crippen LogP contribution in [0.3, 0.4) is 0 Å². The lowest BCUT2D eigenvalue weighted by Gasteiger charge is -2.45. The second kappa shape index (κ2) is 17.7. The fraction of sp³-hybridized carbons (Fsp3) is 0.381. The first kappa shape index (κ1) is 38.4. The number of carbonyl (C=O) groups is 2. The van der Waals surface area contributed by atoms with Gasteiger partial charge in [-0.25, -0.2) is 4.79 Å². The molecule has 0 spiro atoms. The maximum absolute atomic E-state index is 12.2. The number of benzene rings is 4. The third kappa shape index (κ3) is 9.83. The summed E-state index contributed by atoms with van der Waals surface area (Å²) >= 11 is 6.10. The average molecular weight is 742 g/mol. The number of urea groups is 1. The van der Waals surface area contributed by atoms with Crippen molar-refractivity contribution in [3.63, 3.8) is 0 Å².